The van der Waals surface area contributed by atoms with Crippen molar-refractivity contribution in [3.8, 4) is 11.1 Å². The summed E-state index contributed by atoms with van der Waals surface area (Å²) in [4.78, 5) is 19.9. The first kappa shape index (κ1) is 27.0. The first-order valence-corrected chi connectivity index (χ1v) is 14.4. The third-order valence-electron chi connectivity index (χ3n) is 6.71. The van der Waals surface area contributed by atoms with Crippen molar-refractivity contribution in [2.45, 2.75) is 57.0 Å². The molecule has 198 valence electrons. The second-order valence-corrected chi connectivity index (χ2v) is 11.6. The van der Waals surface area contributed by atoms with Crippen LogP contribution in [0.25, 0.3) is 17.2 Å². The van der Waals surface area contributed by atoms with E-state index in [1.165, 1.54) is 4.31 Å². The van der Waals surface area contributed by atoms with E-state index in [1.807, 2.05) is 35.2 Å². The number of fused-ring (bicyclic) bond motifs is 1. The molecule has 1 saturated heterocycles. The number of sulfonamides is 1. The summed E-state index contributed by atoms with van der Waals surface area (Å²) in [6.07, 6.45) is 4.53. The van der Waals surface area contributed by atoms with E-state index in [4.69, 9.17) is 5.73 Å². The van der Waals surface area contributed by atoms with E-state index in [-0.39, 0.29) is 23.8 Å². The number of amidine groups is 1. The average molecular weight is 525 g/mol. The molecular weight excluding hydrogens is 488 g/mol. The summed E-state index contributed by atoms with van der Waals surface area (Å²) in [6.45, 7) is 6.02. The topological polar surface area (TPSA) is 116 Å². The van der Waals surface area contributed by atoms with Crippen LogP contribution in [0.2, 0.25) is 0 Å². The fraction of sp³-hybridized carbons (Fsp3) is 0.429. The molecular formula is C28H36N4O4S. The SMILES string of the molecule is CCCN(CCC)C(=O)C1=Cc2ccc(-c3cccc(S(=O)(=O)N4CCC[C@@H](O)C4)c3)cc2N=C(N)C1. The quantitative estimate of drug-likeness (QED) is 0.543. The first-order valence-electron chi connectivity index (χ1n) is 13.0. The minimum atomic E-state index is -3.72. The lowest BCUT2D eigenvalue weighted by Crippen LogP contribution is -2.42. The zero-order chi connectivity index (χ0) is 26.6. The molecule has 0 bridgehead atoms. The number of piperidine rings is 1. The van der Waals surface area contributed by atoms with Crippen LogP contribution in [0.3, 0.4) is 0 Å². The molecule has 2 aromatic carbocycles. The molecule has 1 fully saturated rings. The van der Waals surface area contributed by atoms with Crippen molar-refractivity contribution in [2.24, 2.45) is 10.7 Å². The summed E-state index contributed by atoms with van der Waals surface area (Å²) in [7, 11) is -3.72. The third kappa shape index (κ3) is 6.11. The van der Waals surface area contributed by atoms with Gasteiger partial charge in [-0.05, 0) is 61.1 Å². The van der Waals surface area contributed by atoms with E-state index in [2.05, 4.69) is 18.8 Å². The maximum absolute atomic E-state index is 13.2. The Hall–Kier alpha value is -3.01. The predicted molar refractivity (Wildman–Crippen MR) is 147 cm³/mol. The van der Waals surface area contributed by atoms with Gasteiger partial charge in [-0.3, -0.25) is 4.79 Å². The number of carbonyl (C=O) groups excluding carboxylic acids is 1. The highest BCUT2D eigenvalue weighted by atomic mass is 32.2. The molecule has 2 aliphatic rings. The maximum atomic E-state index is 13.2. The molecule has 8 nitrogen and oxygen atoms in total. The second kappa shape index (κ2) is 11.6. The Bertz CT molecular complexity index is 1310. The Morgan fingerprint density at radius 1 is 1.14 bits per heavy atom. The molecule has 1 amide bonds. The first-order chi connectivity index (χ1) is 17.7. The van der Waals surface area contributed by atoms with Gasteiger partial charge in [0.2, 0.25) is 15.9 Å². The summed E-state index contributed by atoms with van der Waals surface area (Å²) in [5.41, 5.74) is 9.81. The van der Waals surface area contributed by atoms with E-state index in [1.54, 1.807) is 18.2 Å². The molecule has 0 radical (unpaired) electrons. The molecule has 4 rings (SSSR count). The Morgan fingerprint density at radius 3 is 2.57 bits per heavy atom. The lowest BCUT2D eigenvalue weighted by atomic mass is 10.0. The van der Waals surface area contributed by atoms with Crippen LogP contribution in [0.4, 0.5) is 5.69 Å². The number of amides is 1. The van der Waals surface area contributed by atoms with Crippen LogP contribution in [0, 0.1) is 0 Å². The van der Waals surface area contributed by atoms with E-state index in [0.29, 0.717) is 49.6 Å². The number of rotatable bonds is 8. The number of aliphatic imine (C=N–C) groups is 1. The van der Waals surface area contributed by atoms with Crippen LogP contribution in [0.15, 0.2) is 57.9 Å². The fourth-order valence-electron chi connectivity index (χ4n) is 4.89. The Morgan fingerprint density at radius 2 is 1.86 bits per heavy atom. The number of hydrogen-bond acceptors (Lipinski definition) is 6. The molecule has 0 saturated carbocycles. The number of aliphatic hydroxyl groups excluding tert-OH is 1. The second-order valence-electron chi connectivity index (χ2n) is 9.70. The molecule has 1 atom stereocenters. The molecule has 0 spiro atoms. The average Bonchev–Trinajstić information content (AvgIpc) is 3.05. The highest BCUT2D eigenvalue weighted by molar-refractivity contribution is 7.89. The Labute approximate surface area is 219 Å². The van der Waals surface area contributed by atoms with Gasteiger partial charge in [0.05, 0.1) is 16.7 Å². The Kier molecular flexibility index (Phi) is 8.46. The molecule has 9 heteroatoms. The number of nitrogens with two attached hydrogens (primary N) is 1. The van der Waals surface area contributed by atoms with Crippen LogP contribution in [0.5, 0.6) is 0 Å². The number of β-amino-alcohol motifs (C(OH)–C–C–N with tert-alkyl or cyclic N) is 1. The number of hydrogen-bond donors (Lipinski definition) is 2. The van der Waals surface area contributed by atoms with Crippen LogP contribution >= 0.6 is 0 Å². The van der Waals surface area contributed by atoms with E-state index >= 15 is 0 Å². The molecule has 2 heterocycles. The van der Waals surface area contributed by atoms with Crippen molar-refractivity contribution < 1.29 is 18.3 Å². The summed E-state index contributed by atoms with van der Waals surface area (Å²) in [6, 6.07) is 12.5. The van der Waals surface area contributed by atoms with Gasteiger partial charge in [-0.25, -0.2) is 13.4 Å². The predicted octanol–water partition coefficient (Wildman–Crippen LogP) is 3.92. The van der Waals surface area contributed by atoms with Crippen LogP contribution in [-0.2, 0) is 14.8 Å². The van der Waals surface area contributed by atoms with Gasteiger partial charge in [0.15, 0.2) is 0 Å². The van der Waals surface area contributed by atoms with Gasteiger partial charge in [0, 0.05) is 43.7 Å². The van der Waals surface area contributed by atoms with Gasteiger partial charge in [0.25, 0.3) is 0 Å². The highest BCUT2D eigenvalue weighted by Crippen LogP contribution is 2.33. The molecule has 0 aromatic heterocycles. The summed E-state index contributed by atoms with van der Waals surface area (Å²) < 4.78 is 27.8. The van der Waals surface area contributed by atoms with Crippen LogP contribution in [-0.4, -0.2) is 66.8 Å². The minimum Gasteiger partial charge on any atom is -0.392 e. The van der Waals surface area contributed by atoms with E-state index in [0.717, 1.165) is 29.5 Å². The zero-order valence-corrected chi connectivity index (χ0v) is 22.4. The molecule has 2 aromatic rings. The molecule has 0 unspecified atom stereocenters. The maximum Gasteiger partial charge on any atom is 0.250 e. The van der Waals surface area contributed by atoms with Crippen LogP contribution in [0.1, 0.15) is 51.5 Å². The monoisotopic (exact) mass is 524 g/mol. The molecule has 0 aliphatic carbocycles. The van der Waals surface area contributed by atoms with Crippen LogP contribution < -0.4 is 5.73 Å². The molecule has 37 heavy (non-hydrogen) atoms. The fourth-order valence-corrected chi connectivity index (χ4v) is 6.45. The minimum absolute atomic E-state index is 0.0143. The van der Waals surface area contributed by atoms with Crippen molar-refractivity contribution in [3.05, 3.63) is 53.6 Å². The zero-order valence-electron chi connectivity index (χ0n) is 21.6. The number of carbonyl (C=O) groups is 1. The van der Waals surface area contributed by atoms with Gasteiger partial charge in [-0.2, -0.15) is 4.31 Å². The van der Waals surface area contributed by atoms with E-state index < -0.39 is 16.1 Å². The van der Waals surface area contributed by atoms with Crippen molar-refractivity contribution in [1.29, 1.82) is 0 Å². The van der Waals surface area contributed by atoms with Crippen molar-refractivity contribution in [1.82, 2.24) is 9.21 Å². The Balaban J connectivity index is 1.65. The molecule has 3 N–H and O–H groups in total. The van der Waals surface area contributed by atoms with Gasteiger partial charge in [-0.15, -0.1) is 0 Å². The van der Waals surface area contributed by atoms with E-state index in [9.17, 15) is 18.3 Å². The highest BCUT2D eigenvalue weighted by Gasteiger charge is 2.29. The van der Waals surface area contributed by atoms with Crippen molar-refractivity contribution in [2.75, 3.05) is 26.2 Å². The molecule has 2 aliphatic heterocycles. The van der Waals surface area contributed by atoms with Gasteiger partial charge in [-0.1, -0.05) is 38.1 Å². The van der Waals surface area contributed by atoms with Gasteiger partial charge >= 0.3 is 0 Å². The lowest BCUT2D eigenvalue weighted by Gasteiger charge is -2.29. The largest absolute Gasteiger partial charge is 0.392 e. The lowest BCUT2D eigenvalue weighted by molar-refractivity contribution is -0.127. The summed E-state index contributed by atoms with van der Waals surface area (Å²) >= 11 is 0. The van der Waals surface area contributed by atoms with Gasteiger partial charge in [0.1, 0.15) is 5.84 Å². The van der Waals surface area contributed by atoms with Crippen molar-refractivity contribution >= 4 is 33.5 Å². The number of nitrogens with zero attached hydrogens (tertiary/aromatic N) is 3. The standard InChI is InChI=1S/C28H36N4O4S/c1-3-12-31(13-4-2)28(34)23-15-22-11-10-21(17-26(22)30-27(29)18-23)20-7-5-9-25(16-20)37(35,36)32-14-6-8-24(33)19-32/h5,7,9-11,15-17,24,33H,3-4,6,8,12-14,18-19H2,1-2H3,(H2,29,30)/t24-/m1/s1. The summed E-state index contributed by atoms with van der Waals surface area (Å²) in [5, 5.41) is 9.96. The normalized spacial score (nSPS) is 18.4. The number of aliphatic hydroxyl groups is 1. The number of benzene rings is 2. The third-order valence-corrected chi connectivity index (χ3v) is 8.57. The summed E-state index contributed by atoms with van der Waals surface area (Å²) in [5.74, 6) is 0.350. The smallest absolute Gasteiger partial charge is 0.250 e. The van der Waals surface area contributed by atoms with Crippen molar-refractivity contribution in [3.63, 3.8) is 0 Å². The van der Waals surface area contributed by atoms with Gasteiger partial charge < -0.3 is 15.7 Å².